The van der Waals surface area contributed by atoms with Crippen molar-refractivity contribution in [1.82, 2.24) is 0 Å². The highest BCUT2D eigenvalue weighted by Crippen LogP contribution is 2.13. The van der Waals surface area contributed by atoms with Crippen LogP contribution in [0.1, 0.15) is 6.42 Å². The van der Waals surface area contributed by atoms with E-state index in [1.165, 1.54) is 0 Å². The van der Waals surface area contributed by atoms with Crippen LogP contribution in [-0.4, -0.2) is 28.5 Å². The molecular formula is C5H8O2S. The number of Topliss-reactive ketones (excluding diaryl/α,β-unsaturated/α-hetero) is 1. The highest BCUT2D eigenvalue weighted by molar-refractivity contribution is 7.99. The van der Waals surface area contributed by atoms with Gasteiger partial charge in [0.25, 0.3) is 0 Å². The first kappa shape index (κ1) is 6.11. The van der Waals surface area contributed by atoms with E-state index < -0.39 is 6.10 Å². The molecule has 0 amide bonds. The Balaban J connectivity index is 2.39. The Morgan fingerprint density at radius 2 is 2.50 bits per heavy atom. The second-order valence-electron chi connectivity index (χ2n) is 1.81. The Labute approximate surface area is 52.3 Å². The summed E-state index contributed by atoms with van der Waals surface area (Å²) in [5.74, 6) is 1.48. The zero-order valence-corrected chi connectivity index (χ0v) is 5.28. The lowest BCUT2D eigenvalue weighted by atomic mass is 10.2. The number of hydrogen-bond acceptors (Lipinski definition) is 3. The number of aliphatic hydroxyl groups is 1. The molecule has 1 atom stereocenters. The van der Waals surface area contributed by atoms with E-state index >= 15 is 0 Å². The Hall–Kier alpha value is -0.0200. The molecule has 1 aliphatic rings. The van der Waals surface area contributed by atoms with Gasteiger partial charge in [0.2, 0.25) is 0 Å². The number of hydrogen-bond donors (Lipinski definition) is 1. The monoisotopic (exact) mass is 132 g/mol. The summed E-state index contributed by atoms with van der Waals surface area (Å²) in [7, 11) is 0. The molecule has 0 aliphatic carbocycles. The molecule has 0 unspecified atom stereocenters. The van der Waals surface area contributed by atoms with Gasteiger partial charge in [0.1, 0.15) is 6.10 Å². The summed E-state index contributed by atoms with van der Waals surface area (Å²) in [6.45, 7) is 0. The minimum Gasteiger partial charge on any atom is -0.384 e. The van der Waals surface area contributed by atoms with Gasteiger partial charge in [-0.05, 0) is 0 Å². The van der Waals surface area contributed by atoms with E-state index in [0.717, 1.165) is 5.75 Å². The van der Waals surface area contributed by atoms with Crippen LogP contribution in [-0.2, 0) is 4.79 Å². The molecule has 0 aromatic rings. The summed E-state index contributed by atoms with van der Waals surface area (Å²) < 4.78 is 0. The molecule has 1 heterocycles. The molecule has 0 spiro atoms. The second kappa shape index (κ2) is 2.51. The summed E-state index contributed by atoms with van der Waals surface area (Å²) in [6.07, 6.45) is -0.125. The molecule has 1 rings (SSSR count). The number of carbonyl (C=O) groups is 1. The predicted molar refractivity (Wildman–Crippen MR) is 33.0 cm³/mol. The first-order chi connectivity index (χ1) is 3.80. The van der Waals surface area contributed by atoms with Crippen molar-refractivity contribution < 1.29 is 9.90 Å². The van der Waals surface area contributed by atoms with Crippen LogP contribution in [0.15, 0.2) is 0 Å². The van der Waals surface area contributed by atoms with Gasteiger partial charge in [-0.3, -0.25) is 4.79 Å². The van der Waals surface area contributed by atoms with Crippen LogP contribution in [0, 0.1) is 0 Å². The molecule has 8 heavy (non-hydrogen) atoms. The SMILES string of the molecule is O=C1CCSC[C@@H]1O. The van der Waals surface area contributed by atoms with Crippen molar-refractivity contribution in [2.75, 3.05) is 11.5 Å². The lowest BCUT2D eigenvalue weighted by Crippen LogP contribution is -2.27. The van der Waals surface area contributed by atoms with Gasteiger partial charge in [-0.1, -0.05) is 0 Å². The molecule has 0 aromatic carbocycles. The third-order valence-corrected chi connectivity index (χ3v) is 2.18. The summed E-state index contributed by atoms with van der Waals surface area (Å²) in [4.78, 5) is 10.5. The molecule has 2 nitrogen and oxygen atoms in total. The van der Waals surface area contributed by atoms with Crippen LogP contribution in [0.4, 0.5) is 0 Å². The molecule has 1 fully saturated rings. The first-order valence-corrected chi connectivity index (χ1v) is 3.74. The number of thioether (sulfide) groups is 1. The van der Waals surface area contributed by atoms with Gasteiger partial charge < -0.3 is 5.11 Å². The molecule has 1 aliphatic heterocycles. The van der Waals surface area contributed by atoms with Crippen molar-refractivity contribution in [3.63, 3.8) is 0 Å². The third-order valence-electron chi connectivity index (χ3n) is 1.14. The predicted octanol–water partition coefficient (Wildman–Crippen LogP) is 0.0533. The standard InChI is InChI=1S/C5H8O2S/c6-4-1-2-8-3-5(4)7/h5,7H,1-3H2/t5-/m0/s1. The first-order valence-electron chi connectivity index (χ1n) is 2.59. The van der Waals surface area contributed by atoms with Crippen LogP contribution in [0.3, 0.4) is 0 Å². The maximum atomic E-state index is 10.5. The van der Waals surface area contributed by atoms with Crippen LogP contribution in [0.25, 0.3) is 0 Å². The van der Waals surface area contributed by atoms with Crippen molar-refractivity contribution in [1.29, 1.82) is 0 Å². The number of ketones is 1. The van der Waals surface area contributed by atoms with Crippen LogP contribution < -0.4 is 0 Å². The van der Waals surface area contributed by atoms with Gasteiger partial charge >= 0.3 is 0 Å². The molecule has 1 N–H and O–H groups in total. The number of carbonyl (C=O) groups excluding carboxylic acids is 1. The molecular weight excluding hydrogens is 124 g/mol. The topological polar surface area (TPSA) is 37.3 Å². The van der Waals surface area contributed by atoms with E-state index in [0.29, 0.717) is 12.2 Å². The lowest BCUT2D eigenvalue weighted by molar-refractivity contribution is -0.125. The Bertz CT molecular complexity index is 103. The maximum absolute atomic E-state index is 10.5. The Kier molecular flexibility index (Phi) is 1.91. The zero-order valence-electron chi connectivity index (χ0n) is 4.46. The van der Waals surface area contributed by atoms with Crippen LogP contribution in [0.5, 0.6) is 0 Å². The van der Waals surface area contributed by atoms with E-state index in [1.807, 2.05) is 0 Å². The highest BCUT2D eigenvalue weighted by atomic mass is 32.2. The van der Waals surface area contributed by atoms with Crippen molar-refractivity contribution >= 4 is 17.5 Å². The Morgan fingerprint density at radius 1 is 1.75 bits per heavy atom. The maximum Gasteiger partial charge on any atom is 0.162 e. The van der Waals surface area contributed by atoms with Crippen molar-refractivity contribution in [2.24, 2.45) is 0 Å². The summed E-state index contributed by atoms with van der Waals surface area (Å²) in [5, 5.41) is 8.81. The molecule has 0 bridgehead atoms. The fourth-order valence-corrected chi connectivity index (χ4v) is 1.55. The zero-order chi connectivity index (χ0) is 5.98. The fraction of sp³-hybridized carbons (Fsp3) is 0.800. The molecule has 46 valence electrons. The minimum atomic E-state index is -0.672. The minimum absolute atomic E-state index is 0.00347. The summed E-state index contributed by atoms with van der Waals surface area (Å²) in [5.41, 5.74) is 0. The van der Waals surface area contributed by atoms with E-state index in [9.17, 15) is 4.79 Å². The summed E-state index contributed by atoms with van der Waals surface area (Å²) >= 11 is 1.64. The highest BCUT2D eigenvalue weighted by Gasteiger charge is 2.18. The quantitative estimate of drug-likeness (QED) is 0.506. The molecule has 1 saturated heterocycles. The largest absolute Gasteiger partial charge is 0.384 e. The van der Waals surface area contributed by atoms with Gasteiger partial charge in [-0.25, -0.2) is 0 Å². The van der Waals surface area contributed by atoms with E-state index in [-0.39, 0.29) is 5.78 Å². The summed E-state index contributed by atoms with van der Waals surface area (Å²) in [6, 6.07) is 0. The fourth-order valence-electron chi connectivity index (χ4n) is 0.627. The van der Waals surface area contributed by atoms with Gasteiger partial charge in [-0.15, -0.1) is 0 Å². The lowest BCUT2D eigenvalue weighted by Gasteiger charge is -2.13. The second-order valence-corrected chi connectivity index (χ2v) is 2.96. The van der Waals surface area contributed by atoms with Crippen molar-refractivity contribution in [3.8, 4) is 0 Å². The number of aliphatic hydroxyl groups excluding tert-OH is 1. The smallest absolute Gasteiger partial charge is 0.162 e. The normalized spacial score (nSPS) is 30.6. The Morgan fingerprint density at radius 3 is 2.88 bits per heavy atom. The number of rotatable bonds is 0. The van der Waals surface area contributed by atoms with Gasteiger partial charge in [-0.2, -0.15) is 11.8 Å². The third kappa shape index (κ3) is 1.23. The van der Waals surface area contributed by atoms with Crippen LogP contribution >= 0.6 is 11.8 Å². The molecule has 0 saturated carbocycles. The van der Waals surface area contributed by atoms with Gasteiger partial charge in [0.15, 0.2) is 5.78 Å². The van der Waals surface area contributed by atoms with E-state index in [2.05, 4.69) is 0 Å². The van der Waals surface area contributed by atoms with E-state index in [4.69, 9.17) is 5.11 Å². The van der Waals surface area contributed by atoms with Gasteiger partial charge in [0.05, 0.1) is 0 Å². The van der Waals surface area contributed by atoms with Crippen molar-refractivity contribution in [3.05, 3.63) is 0 Å². The van der Waals surface area contributed by atoms with Crippen molar-refractivity contribution in [2.45, 2.75) is 12.5 Å². The average molecular weight is 132 g/mol. The van der Waals surface area contributed by atoms with Gasteiger partial charge in [0, 0.05) is 17.9 Å². The average Bonchev–Trinajstić information content (AvgIpc) is 1.77. The van der Waals surface area contributed by atoms with E-state index in [1.54, 1.807) is 11.8 Å². The molecule has 0 aromatic heterocycles. The molecule has 3 heteroatoms. The van der Waals surface area contributed by atoms with Crippen LogP contribution in [0.2, 0.25) is 0 Å². The molecule has 0 radical (unpaired) electrons.